The lowest BCUT2D eigenvalue weighted by Gasteiger charge is -2.13. The van der Waals surface area contributed by atoms with E-state index in [-0.39, 0.29) is 12.6 Å². The molecule has 1 heterocycles. The number of aromatic nitrogens is 3. The van der Waals surface area contributed by atoms with Gasteiger partial charge in [0.2, 0.25) is 0 Å². The van der Waals surface area contributed by atoms with Crippen molar-refractivity contribution in [2.24, 2.45) is 0 Å². The first-order valence-corrected chi connectivity index (χ1v) is 8.87. The van der Waals surface area contributed by atoms with Crippen LogP contribution in [0.4, 0.5) is 0 Å². The van der Waals surface area contributed by atoms with Crippen molar-refractivity contribution in [3.05, 3.63) is 63.2 Å². The van der Waals surface area contributed by atoms with Crippen molar-refractivity contribution >= 4 is 34.8 Å². The monoisotopic (exact) mass is 395 g/mol. The third-order valence-corrected chi connectivity index (χ3v) is 4.52. The molecular formula is C18H16Cl3N3O. The van der Waals surface area contributed by atoms with Gasteiger partial charge in [0.25, 0.3) is 0 Å². The Morgan fingerprint density at radius 3 is 2.36 bits per heavy atom. The van der Waals surface area contributed by atoms with Gasteiger partial charge in [-0.25, -0.2) is 4.68 Å². The second kappa shape index (κ2) is 7.65. The van der Waals surface area contributed by atoms with E-state index in [1.807, 2.05) is 26.0 Å². The minimum atomic E-state index is 0.112. The molecule has 0 atom stereocenters. The first-order chi connectivity index (χ1) is 12.0. The average Bonchev–Trinajstić information content (AvgIpc) is 2.97. The van der Waals surface area contributed by atoms with E-state index in [4.69, 9.17) is 39.5 Å². The summed E-state index contributed by atoms with van der Waals surface area (Å²) in [7, 11) is 0. The largest absolute Gasteiger partial charge is 0.487 e. The Morgan fingerprint density at radius 1 is 1.04 bits per heavy atom. The van der Waals surface area contributed by atoms with Crippen LogP contribution in [0.3, 0.4) is 0 Å². The van der Waals surface area contributed by atoms with Crippen LogP contribution in [-0.4, -0.2) is 15.0 Å². The molecular weight excluding hydrogens is 381 g/mol. The van der Waals surface area contributed by atoms with Crippen molar-refractivity contribution in [3.8, 4) is 17.0 Å². The number of hydrogen-bond acceptors (Lipinski definition) is 3. The summed E-state index contributed by atoms with van der Waals surface area (Å²) >= 11 is 18.7. The molecule has 0 fully saturated rings. The molecule has 0 aliphatic carbocycles. The summed E-state index contributed by atoms with van der Waals surface area (Å²) < 4.78 is 7.70. The molecule has 0 bridgehead atoms. The first kappa shape index (κ1) is 18.1. The van der Waals surface area contributed by atoms with Crippen LogP contribution in [0.5, 0.6) is 5.75 Å². The van der Waals surface area contributed by atoms with Crippen LogP contribution >= 0.6 is 34.8 Å². The zero-order valence-electron chi connectivity index (χ0n) is 13.7. The van der Waals surface area contributed by atoms with Crippen LogP contribution in [0.2, 0.25) is 15.1 Å². The molecule has 0 saturated carbocycles. The molecule has 25 heavy (non-hydrogen) atoms. The third kappa shape index (κ3) is 3.92. The molecule has 0 radical (unpaired) electrons. The van der Waals surface area contributed by atoms with Gasteiger partial charge in [0, 0.05) is 16.6 Å². The fourth-order valence-corrected chi connectivity index (χ4v) is 3.25. The van der Waals surface area contributed by atoms with E-state index in [1.165, 1.54) is 0 Å². The molecule has 0 unspecified atom stereocenters. The van der Waals surface area contributed by atoms with Gasteiger partial charge in [0.15, 0.2) is 0 Å². The summed E-state index contributed by atoms with van der Waals surface area (Å²) in [6, 6.07) is 12.7. The normalized spacial score (nSPS) is 11.1. The molecule has 7 heteroatoms. The molecule has 0 aliphatic rings. The molecule has 0 aliphatic heterocycles. The number of hydrogen-bond donors (Lipinski definition) is 0. The molecule has 1 aromatic heterocycles. The van der Waals surface area contributed by atoms with Gasteiger partial charge in [-0.05, 0) is 44.2 Å². The van der Waals surface area contributed by atoms with Crippen LogP contribution in [0.25, 0.3) is 11.3 Å². The van der Waals surface area contributed by atoms with Gasteiger partial charge < -0.3 is 4.74 Å². The molecule has 0 saturated heterocycles. The average molecular weight is 397 g/mol. The summed E-state index contributed by atoms with van der Waals surface area (Å²) in [5.74, 6) is 0.667. The summed E-state index contributed by atoms with van der Waals surface area (Å²) in [5.41, 5.74) is 2.07. The highest BCUT2D eigenvalue weighted by molar-refractivity contribution is 6.39. The number of ether oxygens (including phenoxy) is 1. The van der Waals surface area contributed by atoms with E-state index in [9.17, 15) is 0 Å². The second-order valence-corrected chi connectivity index (χ2v) is 7.02. The van der Waals surface area contributed by atoms with Gasteiger partial charge in [0.05, 0.1) is 10.0 Å². The van der Waals surface area contributed by atoms with Crippen molar-refractivity contribution in [1.82, 2.24) is 15.0 Å². The van der Waals surface area contributed by atoms with Crippen molar-refractivity contribution in [1.29, 1.82) is 0 Å². The SMILES string of the molecule is CC(C)n1nnc(-c2c(Cl)cccc2Cl)c1COc1cccc(Cl)c1. The predicted molar refractivity (Wildman–Crippen MR) is 102 cm³/mol. The standard InChI is InChI=1S/C18H16Cl3N3O/c1-11(2)24-16(10-25-13-6-3-5-12(19)9-13)18(22-23-24)17-14(20)7-4-8-15(17)21/h3-9,11H,10H2,1-2H3. The van der Waals surface area contributed by atoms with E-state index in [0.29, 0.717) is 32.1 Å². The van der Waals surface area contributed by atoms with Crippen LogP contribution in [-0.2, 0) is 6.61 Å². The van der Waals surface area contributed by atoms with E-state index >= 15 is 0 Å². The van der Waals surface area contributed by atoms with Crippen LogP contribution in [0.15, 0.2) is 42.5 Å². The third-order valence-electron chi connectivity index (χ3n) is 3.65. The lowest BCUT2D eigenvalue weighted by molar-refractivity contribution is 0.288. The topological polar surface area (TPSA) is 39.9 Å². The molecule has 3 rings (SSSR count). The first-order valence-electron chi connectivity index (χ1n) is 7.74. The molecule has 0 spiro atoms. The Morgan fingerprint density at radius 2 is 1.72 bits per heavy atom. The molecule has 3 aromatic rings. The number of benzene rings is 2. The summed E-state index contributed by atoms with van der Waals surface area (Å²) in [6.45, 7) is 4.31. The van der Waals surface area contributed by atoms with Crippen molar-refractivity contribution in [2.75, 3.05) is 0 Å². The highest BCUT2D eigenvalue weighted by atomic mass is 35.5. The quantitative estimate of drug-likeness (QED) is 0.526. The maximum Gasteiger partial charge on any atom is 0.132 e. The minimum Gasteiger partial charge on any atom is -0.487 e. The molecule has 0 N–H and O–H groups in total. The molecule has 130 valence electrons. The van der Waals surface area contributed by atoms with Crippen LogP contribution in [0.1, 0.15) is 25.6 Å². The van der Waals surface area contributed by atoms with Crippen LogP contribution in [0, 0.1) is 0 Å². The van der Waals surface area contributed by atoms with Gasteiger partial charge in [-0.1, -0.05) is 52.1 Å². The molecule has 2 aromatic carbocycles. The summed E-state index contributed by atoms with van der Waals surface area (Å²) in [4.78, 5) is 0. The smallest absolute Gasteiger partial charge is 0.132 e. The van der Waals surface area contributed by atoms with E-state index in [0.717, 1.165) is 5.69 Å². The number of nitrogens with zero attached hydrogens (tertiary/aromatic N) is 3. The van der Waals surface area contributed by atoms with Gasteiger partial charge in [-0.2, -0.15) is 0 Å². The number of rotatable bonds is 5. The second-order valence-electron chi connectivity index (χ2n) is 5.77. The maximum absolute atomic E-state index is 6.34. The van der Waals surface area contributed by atoms with E-state index in [1.54, 1.807) is 35.0 Å². The Balaban J connectivity index is 2.01. The molecule has 4 nitrogen and oxygen atoms in total. The van der Waals surface area contributed by atoms with E-state index < -0.39 is 0 Å². The predicted octanol–water partition coefficient (Wildman–Crippen LogP) is 6.07. The maximum atomic E-state index is 6.34. The van der Waals surface area contributed by atoms with Crippen molar-refractivity contribution in [3.63, 3.8) is 0 Å². The minimum absolute atomic E-state index is 0.112. The molecule has 0 amide bonds. The van der Waals surface area contributed by atoms with Gasteiger partial charge in [-0.15, -0.1) is 5.10 Å². The lowest BCUT2D eigenvalue weighted by atomic mass is 10.1. The Kier molecular flexibility index (Phi) is 5.52. The van der Waals surface area contributed by atoms with Gasteiger partial charge in [-0.3, -0.25) is 0 Å². The number of halogens is 3. The van der Waals surface area contributed by atoms with E-state index in [2.05, 4.69) is 10.3 Å². The highest BCUT2D eigenvalue weighted by Gasteiger charge is 2.21. The van der Waals surface area contributed by atoms with Crippen molar-refractivity contribution in [2.45, 2.75) is 26.5 Å². The van der Waals surface area contributed by atoms with Crippen molar-refractivity contribution < 1.29 is 4.74 Å². The summed E-state index contributed by atoms with van der Waals surface area (Å²) in [5, 5.41) is 10.2. The zero-order valence-corrected chi connectivity index (χ0v) is 16.0. The lowest BCUT2D eigenvalue weighted by Crippen LogP contribution is -2.10. The Bertz CT molecular complexity index is 873. The summed E-state index contributed by atoms with van der Waals surface area (Å²) in [6.07, 6.45) is 0. The zero-order chi connectivity index (χ0) is 18.0. The highest BCUT2D eigenvalue weighted by Crippen LogP contribution is 2.36. The Hall–Kier alpha value is -1.75. The fraction of sp³-hybridized carbons (Fsp3) is 0.222. The van der Waals surface area contributed by atoms with Gasteiger partial charge >= 0.3 is 0 Å². The Labute approximate surface area is 161 Å². The van der Waals surface area contributed by atoms with Gasteiger partial charge in [0.1, 0.15) is 23.7 Å². The van der Waals surface area contributed by atoms with Crippen LogP contribution < -0.4 is 4.74 Å². The fourth-order valence-electron chi connectivity index (χ4n) is 2.49.